The normalized spacial score (nSPS) is 11.6. The number of ether oxygens (including phenoxy) is 2. The van der Waals surface area contributed by atoms with Gasteiger partial charge in [0, 0.05) is 5.70 Å². The first-order valence-electron chi connectivity index (χ1n) is 5.84. The third-order valence-electron chi connectivity index (χ3n) is 2.57. The Bertz CT molecular complexity index is 452. The predicted molar refractivity (Wildman–Crippen MR) is 71.6 cm³/mol. The molecule has 0 saturated heterocycles. The summed E-state index contributed by atoms with van der Waals surface area (Å²) in [6.45, 7) is 5.72. The molecule has 18 heavy (non-hydrogen) atoms. The first-order valence-corrected chi connectivity index (χ1v) is 5.84. The van der Waals surface area contributed by atoms with Crippen molar-refractivity contribution < 1.29 is 14.3 Å². The van der Waals surface area contributed by atoms with Crippen LogP contribution in [0.3, 0.4) is 0 Å². The van der Waals surface area contributed by atoms with E-state index in [0.29, 0.717) is 12.2 Å². The number of hydrogen-bond donors (Lipinski definition) is 1. The molecule has 1 aromatic rings. The number of methoxy groups -OCH3 is 1. The molecule has 0 atom stereocenters. The van der Waals surface area contributed by atoms with Gasteiger partial charge in [0.15, 0.2) is 0 Å². The first kappa shape index (κ1) is 14.1. The standard InChI is InChI=1S/C14H19NO3/c1-5-18-14(16)10(2)11(3)15-12-8-6-7-9-13(12)17-4/h6-9,15H,5H2,1-4H3. The number of esters is 1. The number of anilines is 1. The van der Waals surface area contributed by atoms with Crippen molar-refractivity contribution in [3.8, 4) is 5.75 Å². The number of rotatable bonds is 5. The van der Waals surface area contributed by atoms with Crippen molar-refractivity contribution in [3.63, 3.8) is 0 Å². The molecule has 1 aromatic carbocycles. The fraction of sp³-hybridized carbons (Fsp3) is 0.357. The van der Waals surface area contributed by atoms with Crippen molar-refractivity contribution in [3.05, 3.63) is 35.5 Å². The van der Waals surface area contributed by atoms with Crippen molar-refractivity contribution in [2.24, 2.45) is 0 Å². The zero-order valence-corrected chi connectivity index (χ0v) is 11.2. The van der Waals surface area contributed by atoms with Crippen LogP contribution >= 0.6 is 0 Å². The number of hydrogen-bond acceptors (Lipinski definition) is 4. The Morgan fingerprint density at radius 2 is 1.94 bits per heavy atom. The van der Waals surface area contributed by atoms with Crippen LogP contribution < -0.4 is 10.1 Å². The SMILES string of the molecule is CCOC(=O)C(C)=C(C)Nc1ccccc1OC. The van der Waals surface area contributed by atoms with E-state index in [4.69, 9.17) is 9.47 Å². The monoisotopic (exact) mass is 249 g/mol. The lowest BCUT2D eigenvalue weighted by Gasteiger charge is -2.13. The summed E-state index contributed by atoms with van der Waals surface area (Å²) in [5.74, 6) is 0.422. The molecule has 0 aliphatic carbocycles. The van der Waals surface area contributed by atoms with E-state index in [2.05, 4.69) is 5.32 Å². The molecule has 1 rings (SSSR count). The van der Waals surface area contributed by atoms with Crippen LogP contribution in [-0.4, -0.2) is 19.7 Å². The molecule has 0 fully saturated rings. The number of allylic oxidation sites excluding steroid dienone is 1. The van der Waals surface area contributed by atoms with Crippen LogP contribution in [-0.2, 0) is 9.53 Å². The van der Waals surface area contributed by atoms with E-state index in [0.717, 1.165) is 17.1 Å². The largest absolute Gasteiger partial charge is 0.495 e. The van der Waals surface area contributed by atoms with Gasteiger partial charge in [-0.15, -0.1) is 0 Å². The fourth-order valence-electron chi connectivity index (χ4n) is 1.44. The number of carbonyl (C=O) groups excluding carboxylic acids is 1. The van der Waals surface area contributed by atoms with Gasteiger partial charge in [-0.25, -0.2) is 4.79 Å². The highest BCUT2D eigenvalue weighted by Crippen LogP contribution is 2.25. The fourth-order valence-corrected chi connectivity index (χ4v) is 1.44. The van der Waals surface area contributed by atoms with Gasteiger partial charge in [0.2, 0.25) is 0 Å². The summed E-state index contributed by atoms with van der Waals surface area (Å²) in [5, 5.41) is 3.15. The molecule has 98 valence electrons. The van der Waals surface area contributed by atoms with Crippen LogP contribution in [0.15, 0.2) is 35.5 Å². The summed E-state index contributed by atoms with van der Waals surface area (Å²) < 4.78 is 10.2. The minimum Gasteiger partial charge on any atom is -0.495 e. The summed E-state index contributed by atoms with van der Waals surface area (Å²) >= 11 is 0. The van der Waals surface area contributed by atoms with Crippen molar-refractivity contribution in [2.75, 3.05) is 19.0 Å². The van der Waals surface area contributed by atoms with Crippen molar-refractivity contribution >= 4 is 11.7 Å². The van der Waals surface area contributed by atoms with Gasteiger partial charge >= 0.3 is 5.97 Å². The van der Waals surface area contributed by atoms with Crippen LogP contribution in [0.1, 0.15) is 20.8 Å². The summed E-state index contributed by atoms with van der Waals surface area (Å²) in [7, 11) is 1.61. The molecule has 0 amide bonds. The molecule has 4 nitrogen and oxygen atoms in total. The maximum Gasteiger partial charge on any atom is 0.335 e. The van der Waals surface area contributed by atoms with E-state index in [1.165, 1.54) is 0 Å². The molecular weight excluding hydrogens is 230 g/mol. The first-order chi connectivity index (χ1) is 8.60. The van der Waals surface area contributed by atoms with E-state index < -0.39 is 0 Å². The molecule has 0 unspecified atom stereocenters. The number of benzene rings is 1. The second-order valence-corrected chi connectivity index (χ2v) is 3.80. The van der Waals surface area contributed by atoms with Gasteiger partial charge in [0.1, 0.15) is 5.75 Å². The van der Waals surface area contributed by atoms with Crippen LogP contribution in [0.4, 0.5) is 5.69 Å². The van der Waals surface area contributed by atoms with Crippen LogP contribution in [0.25, 0.3) is 0 Å². The van der Waals surface area contributed by atoms with E-state index in [9.17, 15) is 4.79 Å². The topological polar surface area (TPSA) is 47.6 Å². The smallest absolute Gasteiger partial charge is 0.335 e. The van der Waals surface area contributed by atoms with Crippen molar-refractivity contribution in [2.45, 2.75) is 20.8 Å². The molecule has 0 radical (unpaired) electrons. The van der Waals surface area contributed by atoms with Crippen LogP contribution in [0.2, 0.25) is 0 Å². The molecular formula is C14H19NO3. The highest BCUT2D eigenvalue weighted by Gasteiger charge is 2.10. The molecule has 1 N–H and O–H groups in total. The summed E-state index contributed by atoms with van der Waals surface area (Å²) in [6, 6.07) is 7.54. The predicted octanol–water partition coefficient (Wildman–Crippen LogP) is 2.96. The average Bonchev–Trinajstić information content (AvgIpc) is 2.38. The Balaban J connectivity index is 2.89. The Morgan fingerprint density at radius 1 is 1.28 bits per heavy atom. The Hall–Kier alpha value is -1.97. The Morgan fingerprint density at radius 3 is 2.56 bits per heavy atom. The molecule has 0 spiro atoms. The summed E-state index contributed by atoms with van der Waals surface area (Å²) in [5.41, 5.74) is 2.13. The third-order valence-corrected chi connectivity index (χ3v) is 2.57. The van der Waals surface area contributed by atoms with E-state index in [-0.39, 0.29) is 5.97 Å². The van der Waals surface area contributed by atoms with Gasteiger partial charge in [-0.1, -0.05) is 12.1 Å². The van der Waals surface area contributed by atoms with Gasteiger partial charge in [-0.2, -0.15) is 0 Å². The summed E-state index contributed by atoms with van der Waals surface area (Å²) in [4.78, 5) is 11.6. The molecule has 0 aromatic heterocycles. The maximum absolute atomic E-state index is 11.6. The quantitative estimate of drug-likeness (QED) is 0.643. The highest BCUT2D eigenvalue weighted by atomic mass is 16.5. The van der Waals surface area contributed by atoms with Gasteiger partial charge in [-0.3, -0.25) is 0 Å². The lowest BCUT2D eigenvalue weighted by atomic mass is 10.2. The second-order valence-electron chi connectivity index (χ2n) is 3.80. The minimum absolute atomic E-state index is 0.308. The summed E-state index contributed by atoms with van der Waals surface area (Å²) in [6.07, 6.45) is 0. The molecule has 0 saturated carbocycles. The van der Waals surface area contributed by atoms with E-state index in [1.807, 2.05) is 31.2 Å². The zero-order chi connectivity index (χ0) is 13.5. The Labute approximate surface area is 108 Å². The lowest BCUT2D eigenvalue weighted by molar-refractivity contribution is -0.138. The van der Waals surface area contributed by atoms with Gasteiger partial charge in [-0.05, 0) is 32.9 Å². The highest BCUT2D eigenvalue weighted by molar-refractivity contribution is 5.89. The van der Waals surface area contributed by atoms with Crippen molar-refractivity contribution in [1.82, 2.24) is 0 Å². The number of carbonyl (C=O) groups is 1. The second kappa shape index (κ2) is 6.69. The zero-order valence-electron chi connectivity index (χ0n) is 11.2. The van der Waals surface area contributed by atoms with E-state index in [1.54, 1.807) is 21.0 Å². The van der Waals surface area contributed by atoms with Crippen LogP contribution in [0, 0.1) is 0 Å². The molecule has 0 aliphatic rings. The van der Waals surface area contributed by atoms with Gasteiger partial charge in [0.05, 0.1) is 25.0 Å². The average molecular weight is 249 g/mol. The maximum atomic E-state index is 11.6. The number of para-hydroxylation sites is 2. The minimum atomic E-state index is -0.308. The molecule has 0 bridgehead atoms. The molecule has 0 aliphatic heterocycles. The van der Waals surface area contributed by atoms with Gasteiger partial charge < -0.3 is 14.8 Å². The van der Waals surface area contributed by atoms with Crippen LogP contribution in [0.5, 0.6) is 5.75 Å². The third kappa shape index (κ3) is 3.52. The number of nitrogens with one attached hydrogen (secondary N) is 1. The van der Waals surface area contributed by atoms with Gasteiger partial charge in [0.25, 0.3) is 0 Å². The molecule has 4 heteroatoms. The lowest BCUT2D eigenvalue weighted by Crippen LogP contribution is -2.10. The van der Waals surface area contributed by atoms with Crippen molar-refractivity contribution in [1.29, 1.82) is 0 Å². The van der Waals surface area contributed by atoms with E-state index >= 15 is 0 Å². The Kier molecular flexibility index (Phi) is 5.24. The molecule has 0 heterocycles.